The van der Waals surface area contributed by atoms with E-state index < -0.39 is 23.9 Å². The molecule has 2 aromatic heterocycles. The topological polar surface area (TPSA) is 142 Å². The zero-order chi connectivity index (χ0) is 23.1. The smallest absolute Gasteiger partial charge is 0.315 e. The van der Waals surface area contributed by atoms with Crippen LogP contribution in [0.1, 0.15) is 35.8 Å². The fraction of sp³-hybridized carbons (Fsp3) is 0.238. The number of hydrogen-bond acceptors (Lipinski definition) is 5. The molecule has 4 amide bonds. The number of nitrogens with zero attached hydrogens (tertiary/aromatic N) is 1. The van der Waals surface area contributed by atoms with Crippen LogP contribution in [-0.2, 0) is 11.3 Å². The lowest BCUT2D eigenvalue weighted by Gasteiger charge is -2.17. The van der Waals surface area contributed by atoms with Crippen LogP contribution in [0, 0.1) is 5.82 Å². The molecule has 0 aliphatic heterocycles. The Morgan fingerprint density at radius 3 is 2.66 bits per heavy atom. The Hall–Kier alpha value is -3.73. The zero-order valence-corrected chi connectivity index (χ0v) is 18.1. The minimum absolute atomic E-state index is 0.201. The monoisotopic (exact) mass is 458 g/mol. The Balaban J connectivity index is 1.57. The van der Waals surface area contributed by atoms with Crippen molar-refractivity contribution in [1.82, 2.24) is 20.6 Å². The predicted molar refractivity (Wildman–Crippen MR) is 120 cm³/mol. The second-order valence-electron chi connectivity index (χ2n) is 6.99. The minimum atomic E-state index is -0.755. The number of aromatic amines is 1. The number of nitrogens with one attached hydrogen (secondary N) is 4. The Bertz CT molecular complexity index is 1100. The van der Waals surface area contributed by atoms with Crippen LogP contribution < -0.4 is 21.7 Å². The highest BCUT2D eigenvalue weighted by atomic mass is 32.1. The van der Waals surface area contributed by atoms with Crippen molar-refractivity contribution < 1.29 is 18.8 Å². The van der Waals surface area contributed by atoms with Crippen LogP contribution in [0.15, 0.2) is 41.9 Å². The molecule has 6 N–H and O–H groups in total. The van der Waals surface area contributed by atoms with Gasteiger partial charge in [-0.25, -0.2) is 14.2 Å². The number of hydrogen-bond donors (Lipinski definition) is 5. The number of aromatic nitrogens is 2. The SMILES string of the molecule is CCC[C@@H](NC(=O)NCc1ccc(F)cc1)C(=O)Nc1nc(-c2c[nH]c(C(N)=O)c2)cs1. The van der Waals surface area contributed by atoms with Crippen molar-refractivity contribution >= 4 is 34.3 Å². The summed E-state index contributed by atoms with van der Waals surface area (Å²) < 4.78 is 13.0. The standard InChI is InChI=1S/C21H23FN6O3S/c1-2-3-15(26-20(31)25-9-12-4-6-14(22)7-5-12)19(30)28-21-27-17(11-32-21)13-8-16(18(23)29)24-10-13/h4-8,10-11,15,24H,2-3,9H2,1H3,(H2,23,29)(H2,25,26,31)(H,27,28,30)/t15-/m1/s1. The number of H-pyrrole nitrogens is 1. The summed E-state index contributed by atoms with van der Waals surface area (Å²) in [4.78, 5) is 43.3. The molecule has 2 heterocycles. The number of halogens is 1. The highest BCUT2D eigenvalue weighted by Crippen LogP contribution is 2.25. The van der Waals surface area contributed by atoms with E-state index in [-0.39, 0.29) is 18.1 Å². The Kier molecular flexibility index (Phi) is 7.55. The highest BCUT2D eigenvalue weighted by molar-refractivity contribution is 7.14. The molecule has 32 heavy (non-hydrogen) atoms. The third-order valence-corrected chi connectivity index (χ3v) is 5.30. The van der Waals surface area contributed by atoms with E-state index in [1.54, 1.807) is 29.8 Å². The number of carbonyl (C=O) groups is 3. The number of thiazole rings is 1. The first-order valence-corrected chi connectivity index (χ1v) is 10.8. The van der Waals surface area contributed by atoms with Crippen LogP contribution in [0.5, 0.6) is 0 Å². The Morgan fingerprint density at radius 1 is 1.25 bits per heavy atom. The molecule has 0 spiro atoms. The number of nitrogens with two attached hydrogens (primary N) is 1. The fourth-order valence-corrected chi connectivity index (χ4v) is 3.61. The van der Waals surface area contributed by atoms with E-state index in [0.717, 1.165) is 5.56 Å². The molecule has 0 bridgehead atoms. The number of amides is 4. The van der Waals surface area contributed by atoms with Crippen LogP contribution in [0.3, 0.4) is 0 Å². The highest BCUT2D eigenvalue weighted by Gasteiger charge is 2.21. The molecule has 0 aliphatic rings. The van der Waals surface area contributed by atoms with Crippen molar-refractivity contribution in [2.24, 2.45) is 5.73 Å². The van der Waals surface area contributed by atoms with E-state index in [1.807, 2.05) is 6.92 Å². The number of anilines is 1. The van der Waals surface area contributed by atoms with E-state index >= 15 is 0 Å². The quantitative estimate of drug-likeness (QED) is 0.336. The maximum absolute atomic E-state index is 13.0. The maximum Gasteiger partial charge on any atom is 0.315 e. The van der Waals surface area contributed by atoms with Gasteiger partial charge >= 0.3 is 6.03 Å². The first-order chi connectivity index (χ1) is 15.4. The first kappa shape index (κ1) is 22.9. The van der Waals surface area contributed by atoms with Gasteiger partial charge in [0.1, 0.15) is 17.6 Å². The van der Waals surface area contributed by atoms with Gasteiger partial charge < -0.3 is 26.7 Å². The molecule has 0 radical (unpaired) electrons. The van der Waals surface area contributed by atoms with E-state index in [4.69, 9.17) is 5.73 Å². The molecule has 1 aromatic carbocycles. The summed E-state index contributed by atoms with van der Waals surface area (Å²) in [5.41, 5.74) is 7.47. The molecule has 0 aliphatic carbocycles. The van der Waals surface area contributed by atoms with Gasteiger partial charge in [-0.05, 0) is 30.2 Å². The number of carbonyl (C=O) groups excluding carboxylic acids is 3. The summed E-state index contributed by atoms with van der Waals surface area (Å²) in [6.07, 6.45) is 2.72. The molecule has 3 aromatic rings. The molecule has 9 nitrogen and oxygen atoms in total. The average Bonchev–Trinajstić information content (AvgIpc) is 3.43. The maximum atomic E-state index is 13.0. The molecule has 1 atom stereocenters. The average molecular weight is 459 g/mol. The van der Waals surface area contributed by atoms with Gasteiger partial charge in [-0.2, -0.15) is 0 Å². The van der Waals surface area contributed by atoms with Crippen molar-refractivity contribution in [3.05, 3.63) is 59.0 Å². The van der Waals surface area contributed by atoms with Crippen molar-refractivity contribution in [2.45, 2.75) is 32.4 Å². The van der Waals surface area contributed by atoms with Crippen LogP contribution in [0.2, 0.25) is 0 Å². The largest absolute Gasteiger partial charge is 0.364 e. The molecular weight excluding hydrogens is 435 g/mol. The Morgan fingerprint density at radius 2 is 2.00 bits per heavy atom. The number of rotatable bonds is 9. The van der Waals surface area contributed by atoms with Crippen LogP contribution in [0.4, 0.5) is 14.3 Å². The number of benzene rings is 1. The number of urea groups is 1. The van der Waals surface area contributed by atoms with E-state index in [2.05, 4.69) is 25.9 Å². The summed E-state index contributed by atoms with van der Waals surface area (Å²) in [7, 11) is 0. The second-order valence-corrected chi connectivity index (χ2v) is 7.85. The van der Waals surface area contributed by atoms with Gasteiger partial charge in [-0.1, -0.05) is 25.5 Å². The third kappa shape index (κ3) is 6.14. The molecule has 0 saturated carbocycles. The van der Waals surface area contributed by atoms with Gasteiger partial charge in [0.15, 0.2) is 5.13 Å². The second kappa shape index (κ2) is 10.5. The normalized spacial score (nSPS) is 11.6. The van der Waals surface area contributed by atoms with Gasteiger partial charge in [0.2, 0.25) is 5.91 Å². The lowest BCUT2D eigenvalue weighted by atomic mass is 10.1. The molecule has 0 unspecified atom stereocenters. The summed E-state index contributed by atoms with van der Waals surface area (Å²) in [6.45, 7) is 2.11. The lowest BCUT2D eigenvalue weighted by molar-refractivity contribution is -0.118. The fourth-order valence-electron chi connectivity index (χ4n) is 2.89. The van der Waals surface area contributed by atoms with Crippen LogP contribution >= 0.6 is 11.3 Å². The van der Waals surface area contributed by atoms with Crippen LogP contribution in [-0.4, -0.2) is 33.9 Å². The summed E-state index contributed by atoms with van der Waals surface area (Å²) >= 11 is 1.22. The first-order valence-electron chi connectivity index (χ1n) is 9.89. The van der Waals surface area contributed by atoms with Crippen molar-refractivity contribution in [2.75, 3.05) is 5.32 Å². The van der Waals surface area contributed by atoms with Crippen molar-refractivity contribution in [1.29, 1.82) is 0 Å². The molecule has 3 rings (SSSR count). The molecule has 11 heteroatoms. The minimum Gasteiger partial charge on any atom is -0.364 e. The van der Waals surface area contributed by atoms with E-state index in [0.29, 0.717) is 29.2 Å². The van der Waals surface area contributed by atoms with Gasteiger partial charge in [0, 0.05) is 23.7 Å². The van der Waals surface area contributed by atoms with Gasteiger partial charge in [-0.15, -0.1) is 11.3 Å². The molecule has 0 fully saturated rings. The third-order valence-electron chi connectivity index (χ3n) is 4.54. The van der Waals surface area contributed by atoms with Crippen LogP contribution in [0.25, 0.3) is 11.3 Å². The van der Waals surface area contributed by atoms with Gasteiger partial charge in [0.25, 0.3) is 5.91 Å². The lowest BCUT2D eigenvalue weighted by Crippen LogP contribution is -2.47. The summed E-state index contributed by atoms with van der Waals surface area (Å²) in [6, 6.07) is 6.09. The zero-order valence-electron chi connectivity index (χ0n) is 17.3. The van der Waals surface area contributed by atoms with E-state index in [1.165, 1.54) is 23.5 Å². The Labute approximate surface area is 187 Å². The summed E-state index contributed by atoms with van der Waals surface area (Å²) in [5.74, 6) is -1.32. The number of primary amides is 1. The van der Waals surface area contributed by atoms with Gasteiger partial charge in [-0.3, -0.25) is 9.59 Å². The molecule has 168 valence electrons. The molecular formula is C21H23FN6O3S. The van der Waals surface area contributed by atoms with Crippen molar-refractivity contribution in [3.8, 4) is 11.3 Å². The predicted octanol–water partition coefficient (Wildman–Crippen LogP) is 2.98. The summed E-state index contributed by atoms with van der Waals surface area (Å²) in [5, 5.41) is 10.1. The van der Waals surface area contributed by atoms with Gasteiger partial charge in [0.05, 0.1) is 5.69 Å². The van der Waals surface area contributed by atoms with Crippen molar-refractivity contribution in [3.63, 3.8) is 0 Å². The molecule has 0 saturated heterocycles. The van der Waals surface area contributed by atoms with E-state index in [9.17, 15) is 18.8 Å².